The van der Waals surface area contributed by atoms with E-state index in [0.29, 0.717) is 62.2 Å². The molecule has 0 aliphatic carbocycles. The largest absolute Gasteiger partial charge is 0.377 e. The lowest BCUT2D eigenvalue weighted by molar-refractivity contribution is -0.305. The number of hydrogen-bond acceptors (Lipinski definition) is 10. The normalized spacial score (nSPS) is 12.8. The van der Waals surface area contributed by atoms with Crippen LogP contribution in [0.2, 0.25) is 0 Å². The maximum absolute atomic E-state index is 8.90. The van der Waals surface area contributed by atoms with Gasteiger partial charge in [-0.3, -0.25) is 0 Å². The molecule has 0 amide bonds. The van der Waals surface area contributed by atoms with Gasteiger partial charge < -0.3 is 18.4 Å². The number of nitriles is 1. The maximum Gasteiger partial charge on any atom is 0.259 e. The highest BCUT2D eigenvalue weighted by Gasteiger charge is 2.27. The average molecular weight is 497 g/mol. The van der Waals surface area contributed by atoms with Gasteiger partial charge in [0.1, 0.15) is 24.6 Å². The maximum atomic E-state index is 8.90. The fourth-order valence-corrected chi connectivity index (χ4v) is 4.89. The monoisotopic (exact) mass is 496 g/mol. The van der Waals surface area contributed by atoms with E-state index >= 15 is 0 Å². The quantitative estimate of drug-likeness (QED) is 0.137. The molecule has 2 aromatic rings. The molecule has 34 heavy (non-hydrogen) atoms. The van der Waals surface area contributed by atoms with Gasteiger partial charge in [-0.05, 0) is 34.1 Å². The van der Waals surface area contributed by atoms with Crippen LogP contribution in [0.15, 0.2) is 6.20 Å². The molecule has 0 aliphatic rings. The lowest BCUT2D eigenvalue weighted by atomic mass is 10.3. The first-order valence-corrected chi connectivity index (χ1v) is 12.7. The molecule has 0 saturated heterocycles. The standard InChI is InChI=1S/C22H37N6O5P/c1-7-11-30-31-16-21-25-19-14-24-20(15-29-6)26-22(19)27(21)10-13-33-34(32-12-8-9-23)28(17(2)3)18(4)5/h14,17-18H,7-8,10-13,15-16H2,1-6H3. The minimum Gasteiger partial charge on any atom is -0.377 e. The van der Waals surface area contributed by atoms with Gasteiger partial charge in [0.15, 0.2) is 11.5 Å². The third kappa shape index (κ3) is 8.47. The molecule has 1 unspecified atom stereocenters. The van der Waals surface area contributed by atoms with Crippen molar-refractivity contribution in [2.75, 3.05) is 26.9 Å². The van der Waals surface area contributed by atoms with Crippen LogP contribution in [0.3, 0.4) is 0 Å². The molecule has 190 valence electrons. The number of fused-ring (bicyclic) bond motifs is 1. The van der Waals surface area contributed by atoms with Crippen molar-refractivity contribution in [1.29, 1.82) is 5.26 Å². The van der Waals surface area contributed by atoms with Crippen LogP contribution >= 0.6 is 8.53 Å². The molecule has 1 atom stereocenters. The van der Waals surface area contributed by atoms with Crippen LogP contribution in [0.1, 0.15) is 59.1 Å². The summed E-state index contributed by atoms with van der Waals surface area (Å²) < 4.78 is 21.5. The summed E-state index contributed by atoms with van der Waals surface area (Å²) >= 11 is 0. The van der Waals surface area contributed by atoms with Crippen molar-refractivity contribution in [1.82, 2.24) is 24.2 Å². The number of aromatic nitrogens is 4. The molecule has 0 N–H and O–H groups in total. The summed E-state index contributed by atoms with van der Waals surface area (Å²) in [5.41, 5.74) is 1.34. The predicted octanol–water partition coefficient (Wildman–Crippen LogP) is 4.12. The van der Waals surface area contributed by atoms with E-state index < -0.39 is 8.53 Å². The summed E-state index contributed by atoms with van der Waals surface area (Å²) in [6.07, 6.45) is 2.85. The van der Waals surface area contributed by atoms with E-state index in [1.54, 1.807) is 13.3 Å². The highest BCUT2D eigenvalue weighted by Crippen LogP contribution is 2.45. The summed E-state index contributed by atoms with van der Waals surface area (Å²) in [5, 5.41) is 8.90. The third-order valence-corrected chi connectivity index (χ3v) is 6.74. The molecule has 0 aliphatic heterocycles. The fraction of sp³-hybridized carbons (Fsp3) is 0.727. The zero-order valence-electron chi connectivity index (χ0n) is 21.1. The SMILES string of the molecule is CCCOOCc1nc2cnc(COC)nc2n1CCOP(OCCC#N)N(C(C)C)C(C)C. The van der Waals surface area contributed by atoms with Crippen LogP contribution in [0.5, 0.6) is 0 Å². The van der Waals surface area contributed by atoms with Crippen molar-refractivity contribution in [3.63, 3.8) is 0 Å². The highest BCUT2D eigenvalue weighted by atomic mass is 31.2. The lowest BCUT2D eigenvalue weighted by Gasteiger charge is -2.35. The van der Waals surface area contributed by atoms with Crippen molar-refractivity contribution in [2.45, 2.75) is 79.3 Å². The second-order valence-corrected chi connectivity index (χ2v) is 9.53. The van der Waals surface area contributed by atoms with E-state index in [4.69, 9.17) is 28.8 Å². The summed E-state index contributed by atoms with van der Waals surface area (Å²) in [6.45, 7) is 12.6. The zero-order chi connectivity index (χ0) is 24.9. The van der Waals surface area contributed by atoms with Crippen LogP contribution in [-0.4, -0.2) is 63.2 Å². The van der Waals surface area contributed by atoms with Gasteiger partial charge in [0.05, 0.1) is 38.5 Å². The fourth-order valence-electron chi connectivity index (χ4n) is 3.30. The average Bonchev–Trinajstić information content (AvgIpc) is 3.13. The molecule has 0 radical (unpaired) electrons. The molecule has 0 aromatic carbocycles. The summed E-state index contributed by atoms with van der Waals surface area (Å²) in [4.78, 5) is 24.1. The Morgan fingerprint density at radius 2 is 1.79 bits per heavy atom. The van der Waals surface area contributed by atoms with Crippen molar-refractivity contribution in [3.8, 4) is 6.07 Å². The Balaban J connectivity index is 2.21. The molecule has 0 bridgehead atoms. The van der Waals surface area contributed by atoms with Crippen LogP contribution in [-0.2, 0) is 43.3 Å². The predicted molar refractivity (Wildman–Crippen MR) is 128 cm³/mol. The summed E-state index contributed by atoms with van der Waals surface area (Å²) in [6, 6.07) is 2.58. The van der Waals surface area contributed by atoms with Gasteiger partial charge in [0.25, 0.3) is 8.53 Å². The molecule has 0 fully saturated rings. The smallest absolute Gasteiger partial charge is 0.259 e. The molecular formula is C22H37N6O5P. The van der Waals surface area contributed by atoms with E-state index in [-0.39, 0.29) is 18.7 Å². The van der Waals surface area contributed by atoms with Gasteiger partial charge in [-0.15, -0.1) is 0 Å². The lowest BCUT2D eigenvalue weighted by Crippen LogP contribution is -2.34. The number of hydrogen-bond donors (Lipinski definition) is 0. The molecule has 2 aromatic heterocycles. The first kappa shape index (κ1) is 28.5. The van der Waals surface area contributed by atoms with E-state index in [1.165, 1.54) is 0 Å². The number of rotatable bonds is 17. The molecule has 2 heterocycles. The van der Waals surface area contributed by atoms with E-state index in [1.807, 2.05) is 11.5 Å². The summed E-state index contributed by atoms with van der Waals surface area (Å²) in [5.74, 6) is 1.23. The van der Waals surface area contributed by atoms with Crippen LogP contribution in [0, 0.1) is 11.3 Å². The Morgan fingerprint density at radius 3 is 2.44 bits per heavy atom. The molecular weight excluding hydrogens is 459 g/mol. The van der Waals surface area contributed by atoms with Crippen molar-refractivity contribution >= 4 is 19.7 Å². The molecule has 12 heteroatoms. The number of nitrogens with zero attached hydrogens (tertiary/aromatic N) is 6. The number of imidazole rings is 1. The Kier molecular flexibility index (Phi) is 12.8. The van der Waals surface area contributed by atoms with Crippen molar-refractivity contribution in [2.24, 2.45) is 0 Å². The second-order valence-electron chi connectivity index (χ2n) is 8.07. The Morgan fingerprint density at radius 1 is 1.06 bits per heavy atom. The molecule has 11 nitrogen and oxygen atoms in total. The van der Waals surface area contributed by atoms with Crippen molar-refractivity contribution in [3.05, 3.63) is 17.8 Å². The zero-order valence-corrected chi connectivity index (χ0v) is 22.0. The van der Waals surface area contributed by atoms with Gasteiger partial charge in [-0.1, -0.05) is 6.92 Å². The van der Waals surface area contributed by atoms with Gasteiger partial charge >= 0.3 is 0 Å². The van der Waals surface area contributed by atoms with Crippen LogP contribution in [0.25, 0.3) is 11.2 Å². The van der Waals surface area contributed by atoms with E-state index in [0.717, 1.165) is 6.42 Å². The highest BCUT2D eigenvalue weighted by molar-refractivity contribution is 7.44. The Labute approximate surface area is 203 Å². The van der Waals surface area contributed by atoms with Gasteiger partial charge in [0.2, 0.25) is 0 Å². The van der Waals surface area contributed by atoms with Crippen LogP contribution < -0.4 is 0 Å². The number of methoxy groups -OCH3 is 1. The third-order valence-electron chi connectivity index (χ3n) is 4.63. The van der Waals surface area contributed by atoms with Gasteiger partial charge in [0, 0.05) is 25.7 Å². The minimum absolute atomic E-state index is 0.174. The number of ether oxygens (including phenoxy) is 1. The minimum atomic E-state index is -1.34. The first-order chi connectivity index (χ1) is 16.4. The van der Waals surface area contributed by atoms with Gasteiger partial charge in [-0.2, -0.15) is 5.26 Å². The van der Waals surface area contributed by atoms with Crippen LogP contribution in [0.4, 0.5) is 0 Å². The Hall–Kier alpha value is -1.77. The Bertz CT molecular complexity index is 896. The van der Waals surface area contributed by atoms with Gasteiger partial charge in [-0.25, -0.2) is 29.4 Å². The topological polar surface area (TPSA) is 117 Å². The van der Waals surface area contributed by atoms with E-state index in [2.05, 4.69) is 53.4 Å². The molecule has 2 rings (SSSR count). The molecule has 0 saturated carbocycles. The first-order valence-electron chi connectivity index (χ1n) is 11.6. The van der Waals surface area contributed by atoms with Crippen molar-refractivity contribution < 1.29 is 23.6 Å². The molecule has 0 spiro atoms. The van der Waals surface area contributed by atoms with E-state index in [9.17, 15) is 0 Å². The summed E-state index contributed by atoms with van der Waals surface area (Å²) in [7, 11) is 0.267. The second kappa shape index (κ2) is 15.3.